The minimum atomic E-state index is -0.305. The van der Waals surface area contributed by atoms with Crippen molar-refractivity contribution in [2.45, 2.75) is 26.3 Å². The molecule has 2 N–H and O–H groups in total. The summed E-state index contributed by atoms with van der Waals surface area (Å²) in [6, 6.07) is 8.74. The Hall–Kier alpha value is -2.35. The van der Waals surface area contributed by atoms with Gasteiger partial charge in [-0.15, -0.1) is 0 Å². The third-order valence-corrected chi connectivity index (χ3v) is 2.80. The predicted molar refractivity (Wildman–Crippen MR) is 73.6 cm³/mol. The number of nitrogens with one attached hydrogen (secondary N) is 2. The first-order valence-corrected chi connectivity index (χ1v) is 6.24. The molecule has 0 fully saturated rings. The summed E-state index contributed by atoms with van der Waals surface area (Å²) in [5.41, 5.74) is 1.39. The maximum atomic E-state index is 11.7. The highest BCUT2D eigenvalue weighted by Gasteiger charge is 2.26. The number of guanidine groups is 1. The number of amides is 1. The van der Waals surface area contributed by atoms with Crippen molar-refractivity contribution < 1.29 is 4.79 Å². The highest BCUT2D eigenvalue weighted by Crippen LogP contribution is 2.14. The minimum Gasteiger partial charge on any atom is -0.326 e. The number of rotatable bonds is 3. The molecule has 1 unspecified atom stereocenters. The van der Waals surface area contributed by atoms with E-state index >= 15 is 0 Å². The van der Waals surface area contributed by atoms with Gasteiger partial charge in [0.25, 0.3) is 5.91 Å². The molecular weight excluding hydrogens is 240 g/mol. The zero-order chi connectivity index (χ0) is 13.8. The lowest BCUT2D eigenvalue weighted by Gasteiger charge is -2.06. The second-order valence-electron chi connectivity index (χ2n) is 4.93. The maximum absolute atomic E-state index is 11.7. The Bertz CT molecular complexity index is 540. The zero-order valence-corrected chi connectivity index (χ0v) is 11.0. The van der Waals surface area contributed by atoms with Crippen LogP contribution in [-0.2, 0) is 4.79 Å². The van der Waals surface area contributed by atoms with Crippen LogP contribution in [0.5, 0.6) is 0 Å². The lowest BCUT2D eigenvalue weighted by Crippen LogP contribution is -2.32. The van der Waals surface area contributed by atoms with Crippen molar-refractivity contribution in [3.8, 4) is 6.07 Å². The normalized spacial score (nSPS) is 17.9. The average Bonchev–Trinajstić information content (AvgIpc) is 2.70. The van der Waals surface area contributed by atoms with Gasteiger partial charge in [-0.1, -0.05) is 13.8 Å². The number of aliphatic imine (C=N–C) groups is 1. The van der Waals surface area contributed by atoms with Crippen LogP contribution in [0.2, 0.25) is 0 Å². The van der Waals surface area contributed by atoms with Gasteiger partial charge in [-0.05, 0) is 36.6 Å². The Morgan fingerprint density at radius 2 is 2.11 bits per heavy atom. The number of hydrogen-bond acceptors (Lipinski definition) is 4. The van der Waals surface area contributed by atoms with Crippen molar-refractivity contribution in [3.63, 3.8) is 0 Å². The Morgan fingerprint density at radius 1 is 1.42 bits per heavy atom. The fourth-order valence-electron chi connectivity index (χ4n) is 1.88. The number of nitrogens with zero attached hydrogens (tertiary/aromatic N) is 2. The van der Waals surface area contributed by atoms with E-state index in [2.05, 4.69) is 35.5 Å². The summed E-state index contributed by atoms with van der Waals surface area (Å²) in [7, 11) is 0. The number of hydrogen-bond donors (Lipinski definition) is 2. The van der Waals surface area contributed by atoms with Crippen molar-refractivity contribution in [3.05, 3.63) is 29.8 Å². The van der Waals surface area contributed by atoms with Gasteiger partial charge in [0.15, 0.2) is 0 Å². The standard InChI is InChI=1S/C14H16N4O/c1-9(2)7-12-13(19)18-14(17-12)16-11-5-3-10(8-15)4-6-11/h3-6,9,12H,7H2,1-2H3,(H2,16,17,18,19). The van der Waals surface area contributed by atoms with E-state index in [4.69, 9.17) is 5.26 Å². The van der Waals surface area contributed by atoms with Crippen LogP contribution in [0.15, 0.2) is 29.3 Å². The molecule has 1 aromatic carbocycles. The van der Waals surface area contributed by atoms with Crippen molar-refractivity contribution in [1.29, 1.82) is 5.26 Å². The zero-order valence-electron chi connectivity index (χ0n) is 11.0. The van der Waals surface area contributed by atoms with Crippen molar-refractivity contribution in [2.24, 2.45) is 10.9 Å². The summed E-state index contributed by atoms with van der Waals surface area (Å²) >= 11 is 0. The van der Waals surface area contributed by atoms with E-state index < -0.39 is 0 Å². The second-order valence-corrected chi connectivity index (χ2v) is 4.93. The van der Waals surface area contributed by atoms with Gasteiger partial charge >= 0.3 is 0 Å². The molecule has 0 radical (unpaired) electrons. The lowest BCUT2D eigenvalue weighted by atomic mass is 10.0. The molecule has 98 valence electrons. The molecule has 5 nitrogen and oxygen atoms in total. The molecule has 1 aromatic rings. The fraction of sp³-hybridized carbons (Fsp3) is 0.357. The van der Waals surface area contributed by atoms with Crippen molar-refractivity contribution in [1.82, 2.24) is 5.32 Å². The number of carbonyl (C=O) groups excluding carboxylic acids is 1. The minimum absolute atomic E-state index is 0.0650. The van der Waals surface area contributed by atoms with E-state index in [1.165, 1.54) is 0 Å². The maximum Gasteiger partial charge on any atom is 0.251 e. The lowest BCUT2D eigenvalue weighted by molar-refractivity contribution is -0.120. The fourth-order valence-corrected chi connectivity index (χ4v) is 1.88. The first kappa shape index (κ1) is 13.1. The van der Waals surface area contributed by atoms with Gasteiger partial charge < -0.3 is 5.32 Å². The molecule has 1 heterocycles. The Balaban J connectivity index is 2.03. The van der Waals surface area contributed by atoms with Gasteiger partial charge in [0.05, 0.1) is 11.6 Å². The van der Waals surface area contributed by atoms with Gasteiger partial charge in [-0.2, -0.15) is 5.26 Å². The molecule has 1 atom stereocenters. The van der Waals surface area contributed by atoms with Gasteiger partial charge in [0.2, 0.25) is 5.96 Å². The molecule has 0 bridgehead atoms. The topological polar surface area (TPSA) is 77.3 Å². The molecule has 1 aliphatic rings. The molecule has 0 aromatic heterocycles. The molecule has 1 amide bonds. The van der Waals surface area contributed by atoms with Crippen molar-refractivity contribution in [2.75, 3.05) is 5.32 Å². The van der Waals surface area contributed by atoms with Crippen molar-refractivity contribution >= 4 is 17.6 Å². The smallest absolute Gasteiger partial charge is 0.251 e. The Kier molecular flexibility index (Phi) is 3.81. The third kappa shape index (κ3) is 3.32. The summed E-state index contributed by atoms with van der Waals surface area (Å²) in [5, 5.41) is 14.5. The van der Waals surface area contributed by atoms with E-state index in [-0.39, 0.29) is 11.9 Å². The molecule has 0 spiro atoms. The quantitative estimate of drug-likeness (QED) is 0.866. The van der Waals surface area contributed by atoms with E-state index in [9.17, 15) is 4.79 Å². The first-order valence-electron chi connectivity index (χ1n) is 6.24. The predicted octanol–water partition coefficient (Wildman–Crippen LogP) is 1.87. The summed E-state index contributed by atoms with van der Waals surface area (Å²) in [6.07, 6.45) is 0.740. The Morgan fingerprint density at radius 3 is 2.68 bits per heavy atom. The molecular formula is C14H16N4O. The second kappa shape index (κ2) is 5.53. The molecule has 0 aliphatic carbocycles. The highest BCUT2D eigenvalue weighted by atomic mass is 16.2. The van der Waals surface area contributed by atoms with Gasteiger partial charge in [0, 0.05) is 5.69 Å². The van der Waals surface area contributed by atoms with Gasteiger partial charge in [-0.25, -0.2) is 4.99 Å². The molecule has 0 saturated heterocycles. The summed E-state index contributed by atoms with van der Waals surface area (Å²) in [4.78, 5) is 16.0. The summed E-state index contributed by atoms with van der Waals surface area (Å²) in [6.45, 7) is 4.13. The number of carbonyl (C=O) groups is 1. The number of benzene rings is 1. The van der Waals surface area contributed by atoms with Crippen LogP contribution >= 0.6 is 0 Å². The molecule has 0 saturated carbocycles. The van der Waals surface area contributed by atoms with Crippen LogP contribution in [0, 0.1) is 17.2 Å². The number of anilines is 1. The highest BCUT2D eigenvalue weighted by molar-refractivity contribution is 6.10. The first-order chi connectivity index (χ1) is 9.08. The molecule has 5 heteroatoms. The van der Waals surface area contributed by atoms with Crippen LogP contribution in [0.3, 0.4) is 0 Å². The molecule has 19 heavy (non-hydrogen) atoms. The van der Waals surface area contributed by atoms with E-state index in [1.807, 2.05) is 0 Å². The van der Waals surface area contributed by atoms with E-state index in [0.29, 0.717) is 17.4 Å². The van der Waals surface area contributed by atoms with Crippen LogP contribution in [0.4, 0.5) is 5.69 Å². The number of nitriles is 1. The van der Waals surface area contributed by atoms with Crippen LogP contribution in [0.1, 0.15) is 25.8 Å². The van der Waals surface area contributed by atoms with Crippen LogP contribution in [0.25, 0.3) is 0 Å². The SMILES string of the molecule is CC(C)CC1N=C(Nc2ccc(C#N)cc2)NC1=O. The monoisotopic (exact) mass is 256 g/mol. The van der Waals surface area contributed by atoms with Gasteiger partial charge in [-0.3, -0.25) is 10.1 Å². The molecule has 2 rings (SSSR count). The van der Waals surface area contributed by atoms with Crippen LogP contribution in [-0.4, -0.2) is 17.9 Å². The van der Waals surface area contributed by atoms with Crippen LogP contribution < -0.4 is 10.6 Å². The summed E-state index contributed by atoms with van der Waals surface area (Å²) in [5.74, 6) is 0.832. The van der Waals surface area contributed by atoms with E-state index in [0.717, 1.165) is 12.1 Å². The van der Waals surface area contributed by atoms with Gasteiger partial charge in [0.1, 0.15) is 6.04 Å². The average molecular weight is 256 g/mol. The molecule has 1 aliphatic heterocycles. The Labute approximate surface area is 112 Å². The third-order valence-electron chi connectivity index (χ3n) is 2.80. The summed E-state index contributed by atoms with van der Waals surface area (Å²) < 4.78 is 0. The largest absolute Gasteiger partial charge is 0.326 e. The van der Waals surface area contributed by atoms with E-state index in [1.54, 1.807) is 24.3 Å².